The molecule has 1 aromatic rings. The lowest BCUT2D eigenvalue weighted by atomic mass is 9.86. The van der Waals surface area contributed by atoms with Crippen molar-refractivity contribution >= 4 is 5.91 Å². The highest BCUT2D eigenvalue weighted by Gasteiger charge is 2.30. The van der Waals surface area contributed by atoms with Crippen LogP contribution in [-0.4, -0.2) is 40.5 Å². The van der Waals surface area contributed by atoms with Gasteiger partial charge in [0.2, 0.25) is 5.91 Å². The van der Waals surface area contributed by atoms with Gasteiger partial charge in [-0.15, -0.1) is 0 Å². The van der Waals surface area contributed by atoms with Gasteiger partial charge < -0.3 is 14.6 Å². The first kappa shape index (κ1) is 17.1. The van der Waals surface area contributed by atoms with Crippen molar-refractivity contribution in [3.05, 3.63) is 27.9 Å². The van der Waals surface area contributed by atoms with Crippen LogP contribution in [0.2, 0.25) is 0 Å². The van der Waals surface area contributed by atoms with Crippen LogP contribution in [0.5, 0.6) is 0 Å². The molecule has 132 valence electrons. The highest BCUT2D eigenvalue weighted by Crippen LogP contribution is 2.29. The first-order chi connectivity index (χ1) is 11.6. The van der Waals surface area contributed by atoms with E-state index in [-0.39, 0.29) is 17.5 Å². The maximum Gasteiger partial charge on any atom is 0.251 e. The maximum absolute atomic E-state index is 12.8. The normalized spacial score (nSPS) is 22.5. The number of hydrogen-bond acceptors (Lipinski definition) is 4. The predicted molar refractivity (Wildman–Crippen MR) is 90.7 cm³/mol. The summed E-state index contributed by atoms with van der Waals surface area (Å²) in [6.45, 7) is 3.28. The standard InChI is InChI=1S/C18H27N3O3/c1-13-19-15(11-17(22)20-13)16-12-24-10-9-21(16)18(23)8-7-14-5-3-2-4-6-14/h11,14,16H,2-10,12H2,1H3,(H,19,20,22). The fraction of sp³-hybridized carbons (Fsp3) is 0.722. The van der Waals surface area contributed by atoms with E-state index >= 15 is 0 Å². The first-order valence-corrected chi connectivity index (χ1v) is 9.08. The minimum Gasteiger partial charge on any atom is -0.377 e. The van der Waals surface area contributed by atoms with E-state index in [0.29, 0.717) is 43.6 Å². The average Bonchev–Trinajstić information content (AvgIpc) is 2.60. The van der Waals surface area contributed by atoms with Gasteiger partial charge in [0.1, 0.15) is 5.82 Å². The lowest BCUT2D eigenvalue weighted by Gasteiger charge is -2.35. The number of amides is 1. The van der Waals surface area contributed by atoms with E-state index in [9.17, 15) is 9.59 Å². The van der Waals surface area contributed by atoms with Crippen molar-refractivity contribution in [2.45, 2.75) is 57.9 Å². The van der Waals surface area contributed by atoms with Crippen LogP contribution >= 0.6 is 0 Å². The summed E-state index contributed by atoms with van der Waals surface area (Å²) < 4.78 is 5.54. The topological polar surface area (TPSA) is 75.3 Å². The fourth-order valence-corrected chi connectivity index (χ4v) is 3.87. The van der Waals surface area contributed by atoms with Gasteiger partial charge in [0.05, 0.1) is 24.9 Å². The molecule has 1 N–H and O–H groups in total. The number of carbonyl (C=O) groups excluding carboxylic acids is 1. The molecule has 2 aliphatic rings. The summed E-state index contributed by atoms with van der Waals surface area (Å²) in [4.78, 5) is 33.4. The molecule has 1 saturated heterocycles. The molecular formula is C18H27N3O3. The first-order valence-electron chi connectivity index (χ1n) is 9.08. The highest BCUT2D eigenvalue weighted by atomic mass is 16.5. The minimum atomic E-state index is -0.251. The molecule has 6 heteroatoms. The van der Waals surface area contributed by atoms with E-state index in [2.05, 4.69) is 9.97 Å². The Labute approximate surface area is 142 Å². The van der Waals surface area contributed by atoms with Crippen molar-refractivity contribution < 1.29 is 9.53 Å². The van der Waals surface area contributed by atoms with Gasteiger partial charge >= 0.3 is 0 Å². The second-order valence-electron chi connectivity index (χ2n) is 6.98. The van der Waals surface area contributed by atoms with E-state index in [1.165, 1.54) is 38.2 Å². The number of H-pyrrole nitrogens is 1. The minimum absolute atomic E-state index is 0.161. The van der Waals surface area contributed by atoms with E-state index in [0.717, 1.165) is 6.42 Å². The third-order valence-corrected chi connectivity index (χ3v) is 5.16. The molecule has 2 fully saturated rings. The van der Waals surface area contributed by atoms with Gasteiger partial charge in [-0.25, -0.2) is 4.98 Å². The van der Waals surface area contributed by atoms with Crippen LogP contribution < -0.4 is 5.56 Å². The van der Waals surface area contributed by atoms with Crippen LogP contribution in [0.15, 0.2) is 10.9 Å². The Morgan fingerprint density at radius 2 is 2.17 bits per heavy atom. The molecule has 1 aromatic heterocycles. The van der Waals surface area contributed by atoms with Crippen molar-refractivity contribution in [2.24, 2.45) is 5.92 Å². The number of rotatable bonds is 4. The maximum atomic E-state index is 12.8. The number of aromatic amines is 1. The molecular weight excluding hydrogens is 306 g/mol. The molecule has 1 amide bonds. The summed E-state index contributed by atoms with van der Waals surface area (Å²) in [6, 6.07) is 1.23. The van der Waals surface area contributed by atoms with Crippen molar-refractivity contribution in [3.63, 3.8) is 0 Å². The van der Waals surface area contributed by atoms with Crippen molar-refractivity contribution in [3.8, 4) is 0 Å². The molecule has 6 nitrogen and oxygen atoms in total. The summed E-state index contributed by atoms with van der Waals surface area (Å²) in [6.07, 6.45) is 8.02. The average molecular weight is 333 g/mol. The zero-order chi connectivity index (χ0) is 16.9. The quantitative estimate of drug-likeness (QED) is 0.917. The second-order valence-corrected chi connectivity index (χ2v) is 6.98. The molecule has 0 bridgehead atoms. The number of hydrogen-bond donors (Lipinski definition) is 1. The summed E-state index contributed by atoms with van der Waals surface area (Å²) in [5.41, 5.74) is 0.444. The molecule has 2 heterocycles. The van der Waals surface area contributed by atoms with Crippen molar-refractivity contribution in [2.75, 3.05) is 19.8 Å². The smallest absolute Gasteiger partial charge is 0.251 e. The number of aryl methyl sites for hydroxylation is 1. The van der Waals surface area contributed by atoms with Crippen LogP contribution in [-0.2, 0) is 9.53 Å². The fourth-order valence-electron chi connectivity index (χ4n) is 3.87. The molecule has 3 rings (SSSR count). The molecule has 1 atom stereocenters. The number of ether oxygens (including phenoxy) is 1. The Hall–Kier alpha value is -1.69. The third kappa shape index (κ3) is 4.23. The Morgan fingerprint density at radius 3 is 2.92 bits per heavy atom. The number of morpholine rings is 1. The van der Waals surface area contributed by atoms with Gasteiger partial charge in [0.25, 0.3) is 5.56 Å². The zero-order valence-corrected chi connectivity index (χ0v) is 14.4. The monoisotopic (exact) mass is 333 g/mol. The molecule has 1 aliphatic carbocycles. The van der Waals surface area contributed by atoms with Crippen LogP contribution in [0.25, 0.3) is 0 Å². The lowest BCUT2D eigenvalue weighted by molar-refractivity contribution is -0.140. The van der Waals surface area contributed by atoms with Crippen LogP contribution in [0.3, 0.4) is 0 Å². The van der Waals surface area contributed by atoms with Gasteiger partial charge in [-0.3, -0.25) is 9.59 Å². The Morgan fingerprint density at radius 1 is 1.38 bits per heavy atom. The Kier molecular flexibility index (Phi) is 5.66. The van der Waals surface area contributed by atoms with E-state index in [1.54, 1.807) is 6.92 Å². The molecule has 1 aliphatic heterocycles. The summed E-state index contributed by atoms with van der Waals surface area (Å²) in [5, 5.41) is 0. The second kappa shape index (κ2) is 7.92. The number of nitrogens with zero attached hydrogens (tertiary/aromatic N) is 2. The molecule has 1 saturated carbocycles. The van der Waals surface area contributed by atoms with E-state index in [1.807, 2.05) is 4.90 Å². The summed E-state index contributed by atoms with van der Waals surface area (Å²) >= 11 is 0. The van der Waals surface area contributed by atoms with E-state index in [4.69, 9.17) is 4.74 Å². The van der Waals surface area contributed by atoms with Gasteiger partial charge in [-0.1, -0.05) is 32.1 Å². The molecule has 0 radical (unpaired) electrons. The van der Waals surface area contributed by atoms with Crippen molar-refractivity contribution in [1.29, 1.82) is 0 Å². The number of aromatic nitrogens is 2. The van der Waals surface area contributed by atoms with Crippen molar-refractivity contribution in [1.82, 2.24) is 14.9 Å². The molecule has 0 aromatic carbocycles. The molecule has 24 heavy (non-hydrogen) atoms. The Balaban J connectivity index is 1.66. The van der Waals surface area contributed by atoms with Crippen LogP contribution in [0, 0.1) is 12.8 Å². The number of nitrogens with one attached hydrogen (secondary N) is 1. The lowest BCUT2D eigenvalue weighted by Crippen LogP contribution is -2.44. The zero-order valence-electron chi connectivity index (χ0n) is 14.4. The predicted octanol–water partition coefficient (Wildman–Crippen LogP) is 2.34. The van der Waals surface area contributed by atoms with E-state index < -0.39 is 0 Å². The van der Waals surface area contributed by atoms with Crippen LogP contribution in [0.4, 0.5) is 0 Å². The van der Waals surface area contributed by atoms with Gasteiger partial charge in [-0.2, -0.15) is 0 Å². The largest absolute Gasteiger partial charge is 0.377 e. The summed E-state index contributed by atoms with van der Waals surface area (Å²) in [7, 11) is 0. The third-order valence-electron chi connectivity index (χ3n) is 5.16. The Bertz CT molecular complexity index is 622. The molecule has 1 unspecified atom stereocenters. The van der Waals surface area contributed by atoms with Gasteiger partial charge in [0, 0.05) is 19.0 Å². The SMILES string of the molecule is Cc1nc(C2COCCN2C(=O)CCC2CCCCC2)cc(=O)[nH]1. The number of carbonyl (C=O) groups is 1. The molecule has 0 spiro atoms. The van der Waals surface area contributed by atoms with Crippen LogP contribution in [0.1, 0.15) is 62.5 Å². The van der Waals surface area contributed by atoms with Gasteiger partial charge in [0.15, 0.2) is 0 Å². The van der Waals surface area contributed by atoms with Gasteiger partial charge in [-0.05, 0) is 19.3 Å². The highest BCUT2D eigenvalue weighted by molar-refractivity contribution is 5.76. The summed E-state index contributed by atoms with van der Waals surface area (Å²) in [5.74, 6) is 1.42.